The van der Waals surface area contributed by atoms with Crippen molar-refractivity contribution in [3.8, 4) is 0 Å². The lowest BCUT2D eigenvalue weighted by Gasteiger charge is -2.20. The number of aliphatic imine (C=N–C) groups is 1. The first-order chi connectivity index (χ1) is 12.9. The maximum Gasteiger partial charge on any atom is 0.222 e. The van der Waals surface area contributed by atoms with Gasteiger partial charge >= 0.3 is 0 Å². The molecule has 28 heavy (non-hydrogen) atoms. The molecule has 1 aromatic carbocycles. The van der Waals surface area contributed by atoms with Crippen LogP contribution in [0.5, 0.6) is 0 Å². The second kappa shape index (κ2) is 12.0. The number of thiophene rings is 1. The van der Waals surface area contributed by atoms with Gasteiger partial charge in [0.15, 0.2) is 5.96 Å². The van der Waals surface area contributed by atoms with E-state index in [1.165, 1.54) is 21.9 Å². The second-order valence-electron chi connectivity index (χ2n) is 6.64. The number of halogens is 2. The Morgan fingerprint density at radius 3 is 2.43 bits per heavy atom. The predicted octanol–water partition coefficient (Wildman–Crippen LogP) is 3.25. The number of hydrogen-bond acceptors (Lipinski definition) is 3. The molecule has 5 nitrogen and oxygen atoms in total. The summed E-state index contributed by atoms with van der Waals surface area (Å²) in [6, 6.07) is 10.6. The molecule has 0 aliphatic carbocycles. The molecule has 0 bridgehead atoms. The van der Waals surface area contributed by atoms with Gasteiger partial charge in [-0.1, -0.05) is 12.1 Å². The molecule has 2 atom stereocenters. The molecular weight excluding hydrogens is 490 g/mol. The molecule has 2 rings (SSSR count). The summed E-state index contributed by atoms with van der Waals surface area (Å²) in [6.07, 6.45) is 1.34. The molecule has 0 spiro atoms. The van der Waals surface area contributed by atoms with Crippen molar-refractivity contribution < 1.29 is 9.18 Å². The van der Waals surface area contributed by atoms with Crippen molar-refractivity contribution in [3.63, 3.8) is 0 Å². The van der Waals surface area contributed by atoms with Gasteiger partial charge in [0, 0.05) is 35.8 Å². The van der Waals surface area contributed by atoms with Crippen LogP contribution in [0.3, 0.4) is 0 Å². The number of hydrogen-bond donors (Lipinski definition) is 3. The van der Waals surface area contributed by atoms with Crippen LogP contribution < -0.4 is 16.4 Å². The molecule has 1 amide bonds. The van der Waals surface area contributed by atoms with E-state index in [0.29, 0.717) is 18.9 Å². The number of primary amides is 1. The van der Waals surface area contributed by atoms with E-state index in [1.54, 1.807) is 30.5 Å². The Morgan fingerprint density at radius 1 is 1.21 bits per heavy atom. The third kappa shape index (κ3) is 8.14. The predicted molar refractivity (Wildman–Crippen MR) is 125 cm³/mol. The fourth-order valence-corrected chi connectivity index (χ4v) is 3.79. The molecular formula is C20H28FIN4OS. The molecule has 0 radical (unpaired) electrons. The highest BCUT2D eigenvalue weighted by molar-refractivity contribution is 14.0. The molecule has 8 heteroatoms. The highest BCUT2D eigenvalue weighted by atomic mass is 127. The van der Waals surface area contributed by atoms with Gasteiger partial charge in [0.2, 0.25) is 5.91 Å². The lowest BCUT2D eigenvalue weighted by atomic mass is 9.98. The first kappa shape index (κ1) is 24.4. The molecule has 1 aromatic heterocycles. The van der Waals surface area contributed by atoms with Crippen LogP contribution in [0.25, 0.3) is 0 Å². The molecule has 0 aliphatic heterocycles. The smallest absolute Gasteiger partial charge is 0.222 e. The summed E-state index contributed by atoms with van der Waals surface area (Å²) in [5, 5.41) is 6.51. The molecule has 0 aliphatic rings. The van der Waals surface area contributed by atoms with Crippen molar-refractivity contribution in [2.45, 2.75) is 32.7 Å². The van der Waals surface area contributed by atoms with Gasteiger partial charge in [-0.3, -0.25) is 9.79 Å². The summed E-state index contributed by atoms with van der Waals surface area (Å²) >= 11 is 1.79. The van der Waals surface area contributed by atoms with Crippen LogP contribution in [0.1, 0.15) is 22.2 Å². The third-order valence-electron chi connectivity index (χ3n) is 4.22. The van der Waals surface area contributed by atoms with Crippen LogP contribution in [0, 0.1) is 18.7 Å². The monoisotopic (exact) mass is 518 g/mol. The summed E-state index contributed by atoms with van der Waals surface area (Å²) in [7, 11) is 1.69. The lowest BCUT2D eigenvalue weighted by Crippen LogP contribution is -2.46. The fourth-order valence-electron chi connectivity index (χ4n) is 2.77. The minimum Gasteiger partial charge on any atom is -0.369 e. The van der Waals surface area contributed by atoms with Crippen molar-refractivity contribution in [1.82, 2.24) is 10.6 Å². The first-order valence-electron chi connectivity index (χ1n) is 8.93. The molecule has 0 saturated carbocycles. The number of guanidine groups is 1. The fraction of sp³-hybridized carbons (Fsp3) is 0.400. The number of aryl methyl sites for hydroxylation is 1. The van der Waals surface area contributed by atoms with Gasteiger partial charge < -0.3 is 16.4 Å². The topological polar surface area (TPSA) is 79.5 Å². The zero-order chi connectivity index (χ0) is 19.8. The summed E-state index contributed by atoms with van der Waals surface area (Å²) in [6.45, 7) is 4.54. The molecule has 0 fully saturated rings. The van der Waals surface area contributed by atoms with Gasteiger partial charge in [-0.15, -0.1) is 35.3 Å². The Morgan fingerprint density at radius 2 is 1.89 bits per heavy atom. The summed E-state index contributed by atoms with van der Waals surface area (Å²) in [5.74, 6) is -0.484. The van der Waals surface area contributed by atoms with E-state index in [2.05, 4.69) is 41.6 Å². The van der Waals surface area contributed by atoms with Crippen molar-refractivity contribution in [3.05, 3.63) is 57.5 Å². The summed E-state index contributed by atoms with van der Waals surface area (Å²) in [4.78, 5) is 18.6. The van der Waals surface area contributed by atoms with Gasteiger partial charge in [-0.05, 0) is 50.1 Å². The lowest BCUT2D eigenvalue weighted by molar-refractivity contribution is -0.121. The number of carbonyl (C=O) groups is 1. The standard InChI is InChI=1S/C20H27FN4OS.HI/c1-13(10-18-9-4-14(2)27-18)25-20(23-3)24-12-16(19(22)26)11-15-5-7-17(21)8-6-15;/h4-9,13,16H,10-12H2,1-3H3,(H2,22,26)(H2,23,24,25);1H. The number of carbonyl (C=O) groups excluding carboxylic acids is 1. The minimum atomic E-state index is -0.413. The van der Waals surface area contributed by atoms with E-state index in [9.17, 15) is 9.18 Å². The SMILES string of the molecule is CN=C(NCC(Cc1ccc(F)cc1)C(N)=O)NC(C)Cc1ccc(C)s1.I. The van der Waals surface area contributed by atoms with Crippen molar-refractivity contribution in [2.75, 3.05) is 13.6 Å². The van der Waals surface area contributed by atoms with E-state index < -0.39 is 11.8 Å². The number of nitrogens with one attached hydrogen (secondary N) is 2. The van der Waals surface area contributed by atoms with E-state index in [-0.39, 0.29) is 35.8 Å². The van der Waals surface area contributed by atoms with Crippen LogP contribution in [-0.2, 0) is 17.6 Å². The maximum absolute atomic E-state index is 13.0. The zero-order valence-corrected chi connectivity index (χ0v) is 19.5. The molecule has 154 valence electrons. The highest BCUT2D eigenvalue weighted by Gasteiger charge is 2.17. The van der Waals surface area contributed by atoms with Crippen LogP contribution in [0.4, 0.5) is 4.39 Å². The average Bonchev–Trinajstić information content (AvgIpc) is 3.03. The van der Waals surface area contributed by atoms with Crippen molar-refractivity contribution in [2.24, 2.45) is 16.6 Å². The quantitative estimate of drug-likeness (QED) is 0.285. The Bertz CT molecular complexity index is 779. The van der Waals surface area contributed by atoms with E-state index in [4.69, 9.17) is 5.73 Å². The number of nitrogens with zero attached hydrogens (tertiary/aromatic N) is 1. The number of rotatable bonds is 8. The van der Waals surface area contributed by atoms with Crippen molar-refractivity contribution >= 4 is 47.2 Å². The molecule has 4 N–H and O–H groups in total. The van der Waals surface area contributed by atoms with Crippen LogP contribution in [-0.4, -0.2) is 31.5 Å². The summed E-state index contributed by atoms with van der Waals surface area (Å²) in [5.41, 5.74) is 6.40. The van der Waals surface area contributed by atoms with Crippen molar-refractivity contribution in [1.29, 1.82) is 0 Å². The highest BCUT2D eigenvalue weighted by Crippen LogP contribution is 2.16. The zero-order valence-electron chi connectivity index (χ0n) is 16.4. The van der Waals surface area contributed by atoms with Gasteiger partial charge in [-0.25, -0.2) is 4.39 Å². The molecule has 2 unspecified atom stereocenters. The van der Waals surface area contributed by atoms with Crippen LogP contribution in [0.15, 0.2) is 41.4 Å². The average molecular weight is 518 g/mol. The number of amides is 1. The number of benzene rings is 1. The largest absolute Gasteiger partial charge is 0.369 e. The normalized spacial score (nSPS) is 13.4. The third-order valence-corrected chi connectivity index (χ3v) is 5.25. The Kier molecular flexibility index (Phi) is 10.4. The summed E-state index contributed by atoms with van der Waals surface area (Å²) < 4.78 is 13.0. The Balaban J connectivity index is 0.00000392. The molecule has 2 aromatic rings. The van der Waals surface area contributed by atoms with Gasteiger partial charge in [0.25, 0.3) is 0 Å². The first-order valence-corrected chi connectivity index (χ1v) is 9.75. The van der Waals surface area contributed by atoms with Gasteiger partial charge in [-0.2, -0.15) is 0 Å². The van der Waals surface area contributed by atoms with E-state index >= 15 is 0 Å². The Labute approximate surface area is 187 Å². The number of nitrogens with two attached hydrogens (primary N) is 1. The Hall–Kier alpha value is -1.68. The maximum atomic E-state index is 13.0. The van der Waals surface area contributed by atoms with E-state index in [0.717, 1.165) is 12.0 Å². The van der Waals surface area contributed by atoms with Gasteiger partial charge in [0.1, 0.15) is 5.82 Å². The van der Waals surface area contributed by atoms with E-state index in [1.807, 2.05) is 0 Å². The van der Waals surface area contributed by atoms with Crippen LogP contribution >= 0.6 is 35.3 Å². The van der Waals surface area contributed by atoms with Crippen LogP contribution in [0.2, 0.25) is 0 Å². The molecule has 0 saturated heterocycles. The minimum absolute atomic E-state index is 0. The van der Waals surface area contributed by atoms with Gasteiger partial charge in [0.05, 0.1) is 5.92 Å². The second-order valence-corrected chi connectivity index (χ2v) is 8.02. The molecule has 1 heterocycles.